The Morgan fingerprint density at radius 3 is 2.60 bits per heavy atom. The lowest BCUT2D eigenvalue weighted by Crippen LogP contribution is -2.48. The first-order chi connectivity index (χ1) is 9.78. The maximum atomic E-state index is 5.37. The molecule has 2 aliphatic heterocycles. The van der Waals surface area contributed by atoms with Crippen LogP contribution in [0.2, 0.25) is 0 Å². The summed E-state index contributed by atoms with van der Waals surface area (Å²) in [5.74, 6) is 1.60. The van der Waals surface area contributed by atoms with Gasteiger partial charge in [0.2, 0.25) is 5.89 Å². The molecule has 5 heteroatoms. The number of rotatable bonds is 6. The largest absolute Gasteiger partial charge is 0.338 e. The lowest BCUT2D eigenvalue weighted by Gasteiger charge is -2.37. The average Bonchev–Trinajstić information content (AvgIpc) is 3.05. The Balaban J connectivity index is 1.65. The van der Waals surface area contributed by atoms with Gasteiger partial charge in [0.15, 0.2) is 5.82 Å². The molecule has 1 aromatic rings. The molecule has 5 nitrogen and oxygen atoms in total. The minimum absolute atomic E-state index is 0.672. The summed E-state index contributed by atoms with van der Waals surface area (Å²) >= 11 is 0. The van der Waals surface area contributed by atoms with E-state index in [0.29, 0.717) is 6.04 Å². The van der Waals surface area contributed by atoms with E-state index in [1.54, 1.807) is 0 Å². The van der Waals surface area contributed by atoms with Crippen molar-refractivity contribution < 1.29 is 4.52 Å². The molecule has 2 atom stereocenters. The van der Waals surface area contributed by atoms with E-state index in [9.17, 15) is 0 Å². The van der Waals surface area contributed by atoms with Crippen molar-refractivity contribution in [2.24, 2.45) is 0 Å². The van der Waals surface area contributed by atoms with Crippen LogP contribution in [0.5, 0.6) is 0 Å². The van der Waals surface area contributed by atoms with E-state index in [2.05, 4.69) is 34.2 Å². The summed E-state index contributed by atoms with van der Waals surface area (Å²) in [4.78, 5) is 7.02. The molecule has 2 unspecified atom stereocenters. The molecule has 0 spiro atoms. The molecule has 0 aliphatic carbocycles. The van der Waals surface area contributed by atoms with Crippen LogP contribution in [0.3, 0.4) is 0 Å². The van der Waals surface area contributed by atoms with Gasteiger partial charge in [-0.2, -0.15) is 4.98 Å². The van der Waals surface area contributed by atoms with Gasteiger partial charge in [-0.1, -0.05) is 19.0 Å². The van der Waals surface area contributed by atoms with Gasteiger partial charge in [0.05, 0.1) is 6.54 Å². The van der Waals surface area contributed by atoms with E-state index in [1.807, 2.05) is 0 Å². The number of fused-ring (bicyclic) bond motifs is 2. The second-order valence-electron chi connectivity index (χ2n) is 6.19. The molecule has 2 fully saturated rings. The van der Waals surface area contributed by atoms with E-state index in [4.69, 9.17) is 4.52 Å². The Kier molecular flexibility index (Phi) is 4.36. The number of piperidine rings is 1. The predicted octanol–water partition coefficient (Wildman–Crippen LogP) is 2.13. The number of aryl methyl sites for hydroxylation is 1. The predicted molar refractivity (Wildman–Crippen MR) is 77.3 cm³/mol. The molecule has 1 aromatic heterocycles. The van der Waals surface area contributed by atoms with Crippen LogP contribution in [0.4, 0.5) is 0 Å². The third-order valence-corrected chi connectivity index (χ3v) is 4.64. The topological polar surface area (TPSA) is 54.2 Å². The van der Waals surface area contributed by atoms with E-state index in [1.165, 1.54) is 32.1 Å². The Labute approximate surface area is 121 Å². The highest BCUT2D eigenvalue weighted by atomic mass is 16.5. The van der Waals surface area contributed by atoms with E-state index >= 15 is 0 Å². The SMILES string of the molecule is CCCN(Cc1nc(CC)no1)C1CC2CCC(C1)N2. The van der Waals surface area contributed by atoms with Crippen molar-refractivity contribution in [2.75, 3.05) is 6.54 Å². The number of hydrogen-bond acceptors (Lipinski definition) is 5. The number of aromatic nitrogens is 2. The first kappa shape index (κ1) is 14.0. The second-order valence-corrected chi connectivity index (χ2v) is 6.19. The summed E-state index contributed by atoms with van der Waals surface area (Å²) in [7, 11) is 0. The monoisotopic (exact) mass is 278 g/mol. The van der Waals surface area contributed by atoms with Crippen molar-refractivity contribution in [1.29, 1.82) is 0 Å². The molecule has 20 heavy (non-hydrogen) atoms. The van der Waals surface area contributed by atoms with Crippen LogP contribution in [-0.4, -0.2) is 39.7 Å². The molecule has 2 saturated heterocycles. The summed E-state index contributed by atoms with van der Waals surface area (Å²) < 4.78 is 5.37. The molecule has 0 aromatic carbocycles. The second kappa shape index (κ2) is 6.22. The van der Waals surface area contributed by atoms with Crippen LogP contribution >= 0.6 is 0 Å². The third-order valence-electron chi connectivity index (χ3n) is 4.64. The normalized spacial score (nSPS) is 29.2. The molecule has 3 heterocycles. The highest BCUT2D eigenvalue weighted by Crippen LogP contribution is 2.30. The summed E-state index contributed by atoms with van der Waals surface area (Å²) in [6.45, 7) is 6.23. The first-order valence-electron chi connectivity index (χ1n) is 8.10. The van der Waals surface area contributed by atoms with Crippen LogP contribution in [-0.2, 0) is 13.0 Å². The number of hydrogen-bond donors (Lipinski definition) is 1. The minimum Gasteiger partial charge on any atom is -0.338 e. The highest BCUT2D eigenvalue weighted by Gasteiger charge is 2.36. The van der Waals surface area contributed by atoms with Gasteiger partial charge in [-0.25, -0.2) is 0 Å². The van der Waals surface area contributed by atoms with Gasteiger partial charge in [-0.3, -0.25) is 4.90 Å². The fourth-order valence-corrected chi connectivity index (χ4v) is 3.68. The molecule has 2 bridgehead atoms. The van der Waals surface area contributed by atoms with Gasteiger partial charge in [-0.05, 0) is 38.6 Å². The van der Waals surface area contributed by atoms with Crippen LogP contribution in [0, 0.1) is 0 Å². The summed E-state index contributed by atoms with van der Waals surface area (Å²) in [6, 6.07) is 2.13. The number of nitrogens with zero attached hydrogens (tertiary/aromatic N) is 3. The van der Waals surface area contributed by atoms with Crippen molar-refractivity contribution in [3.8, 4) is 0 Å². The van der Waals surface area contributed by atoms with Gasteiger partial charge in [0.25, 0.3) is 0 Å². The van der Waals surface area contributed by atoms with Crippen molar-refractivity contribution in [1.82, 2.24) is 20.4 Å². The van der Waals surface area contributed by atoms with Crippen molar-refractivity contribution in [3.63, 3.8) is 0 Å². The zero-order valence-electron chi connectivity index (χ0n) is 12.6. The molecule has 2 aliphatic rings. The molecule has 0 saturated carbocycles. The van der Waals surface area contributed by atoms with E-state index in [0.717, 1.165) is 43.3 Å². The Morgan fingerprint density at radius 1 is 1.25 bits per heavy atom. The van der Waals surface area contributed by atoms with Crippen LogP contribution in [0.15, 0.2) is 4.52 Å². The highest BCUT2D eigenvalue weighted by molar-refractivity contribution is 4.96. The van der Waals surface area contributed by atoms with Gasteiger partial charge in [-0.15, -0.1) is 0 Å². The molecule has 3 rings (SSSR count). The Hall–Kier alpha value is -0.940. The Bertz CT molecular complexity index is 421. The maximum absolute atomic E-state index is 5.37. The fourth-order valence-electron chi connectivity index (χ4n) is 3.68. The summed E-state index contributed by atoms with van der Waals surface area (Å²) in [5, 5.41) is 7.73. The Morgan fingerprint density at radius 2 is 2.00 bits per heavy atom. The van der Waals surface area contributed by atoms with Crippen LogP contribution < -0.4 is 5.32 Å². The number of nitrogens with one attached hydrogen (secondary N) is 1. The summed E-state index contributed by atoms with van der Waals surface area (Å²) in [5.41, 5.74) is 0. The maximum Gasteiger partial charge on any atom is 0.240 e. The third kappa shape index (κ3) is 3.04. The lowest BCUT2D eigenvalue weighted by molar-refractivity contribution is 0.119. The zero-order chi connectivity index (χ0) is 13.9. The molecule has 0 radical (unpaired) electrons. The van der Waals surface area contributed by atoms with E-state index in [-0.39, 0.29) is 0 Å². The molecular weight excluding hydrogens is 252 g/mol. The van der Waals surface area contributed by atoms with Gasteiger partial charge in [0.1, 0.15) is 0 Å². The van der Waals surface area contributed by atoms with Gasteiger partial charge in [0, 0.05) is 24.5 Å². The van der Waals surface area contributed by atoms with Crippen LogP contribution in [0.1, 0.15) is 57.7 Å². The molecule has 0 amide bonds. The van der Waals surface area contributed by atoms with E-state index < -0.39 is 0 Å². The first-order valence-corrected chi connectivity index (χ1v) is 8.10. The zero-order valence-corrected chi connectivity index (χ0v) is 12.6. The quantitative estimate of drug-likeness (QED) is 0.864. The standard InChI is InChI=1S/C15H26N4O/c1-3-7-19(10-15-17-14(4-2)18-20-15)13-8-11-5-6-12(9-13)16-11/h11-13,16H,3-10H2,1-2H3. The molecule has 1 N–H and O–H groups in total. The smallest absolute Gasteiger partial charge is 0.240 e. The van der Waals surface area contributed by atoms with Crippen LogP contribution in [0.25, 0.3) is 0 Å². The lowest BCUT2D eigenvalue weighted by atomic mass is 9.98. The molecular formula is C15H26N4O. The summed E-state index contributed by atoms with van der Waals surface area (Å²) in [6.07, 6.45) is 7.25. The van der Waals surface area contributed by atoms with Crippen molar-refractivity contribution >= 4 is 0 Å². The van der Waals surface area contributed by atoms with Crippen molar-refractivity contribution in [2.45, 2.75) is 77.0 Å². The molecule has 112 valence electrons. The fraction of sp³-hybridized carbons (Fsp3) is 0.867. The average molecular weight is 278 g/mol. The minimum atomic E-state index is 0.672. The van der Waals surface area contributed by atoms with Gasteiger partial charge < -0.3 is 9.84 Å². The van der Waals surface area contributed by atoms with Gasteiger partial charge >= 0.3 is 0 Å². The van der Waals surface area contributed by atoms with Crippen molar-refractivity contribution in [3.05, 3.63) is 11.7 Å².